The van der Waals surface area contributed by atoms with Crippen molar-refractivity contribution in [3.63, 3.8) is 0 Å². The van der Waals surface area contributed by atoms with Crippen molar-refractivity contribution in [2.75, 3.05) is 26.2 Å². The molecular weight excluding hydrogens is 216 g/mol. The molecule has 4 nitrogen and oxygen atoms in total. The second-order valence-corrected chi connectivity index (χ2v) is 5.05. The van der Waals surface area contributed by atoms with E-state index in [4.69, 9.17) is 6.42 Å². The number of hydrogen-bond acceptors (Lipinski definition) is 4. The lowest BCUT2D eigenvalue weighted by molar-refractivity contribution is -0.138. The van der Waals surface area contributed by atoms with Gasteiger partial charge in [0.25, 0.3) is 6.47 Å². The zero-order valence-corrected chi connectivity index (χ0v) is 11.3. The summed E-state index contributed by atoms with van der Waals surface area (Å²) in [5.41, 5.74) is -0.318. The largest absolute Gasteiger partial charge is 0.462 e. The Hall–Kier alpha value is -1.05. The molecule has 0 saturated carbocycles. The van der Waals surface area contributed by atoms with Gasteiger partial charge in [-0.15, -0.1) is 6.42 Å². The minimum absolute atomic E-state index is 0.318. The Morgan fingerprint density at radius 1 is 1.59 bits per heavy atom. The number of ether oxygens (including phenoxy) is 1. The predicted molar refractivity (Wildman–Crippen MR) is 69.6 cm³/mol. The summed E-state index contributed by atoms with van der Waals surface area (Å²) < 4.78 is 4.55. The maximum absolute atomic E-state index is 9.60. The van der Waals surface area contributed by atoms with Crippen LogP contribution >= 0.6 is 0 Å². The standard InChI is InChI=1S/C8H14N2.C5H10O2/c1-3-5-10-6-4-9-7-8(10)2;1-5(2,3)7-4-6/h1,8-9H,4-7H2,2H3;4H,1-3H3. The highest BCUT2D eigenvalue weighted by atomic mass is 16.5. The van der Waals surface area contributed by atoms with E-state index in [1.165, 1.54) is 0 Å². The first kappa shape index (κ1) is 16.0. The van der Waals surface area contributed by atoms with Crippen LogP contribution in [-0.2, 0) is 9.53 Å². The second-order valence-electron chi connectivity index (χ2n) is 5.05. The van der Waals surface area contributed by atoms with Gasteiger partial charge in [0.2, 0.25) is 0 Å². The first-order valence-electron chi connectivity index (χ1n) is 5.90. The molecule has 0 aliphatic carbocycles. The summed E-state index contributed by atoms with van der Waals surface area (Å²) in [6, 6.07) is 0.602. The molecule has 1 aliphatic heterocycles. The molecule has 0 aromatic carbocycles. The van der Waals surface area contributed by atoms with E-state index < -0.39 is 0 Å². The number of carbonyl (C=O) groups excluding carboxylic acids is 1. The molecule has 1 unspecified atom stereocenters. The van der Waals surface area contributed by atoms with Crippen LogP contribution < -0.4 is 5.32 Å². The number of nitrogens with zero attached hydrogens (tertiary/aromatic N) is 1. The van der Waals surface area contributed by atoms with Gasteiger partial charge in [-0.1, -0.05) is 5.92 Å². The minimum Gasteiger partial charge on any atom is -0.462 e. The average molecular weight is 240 g/mol. The molecule has 98 valence electrons. The minimum atomic E-state index is -0.318. The van der Waals surface area contributed by atoms with Gasteiger partial charge in [-0.3, -0.25) is 9.69 Å². The summed E-state index contributed by atoms with van der Waals surface area (Å²) in [6.07, 6.45) is 5.21. The number of terminal acetylenes is 1. The molecular formula is C13H24N2O2. The average Bonchev–Trinajstić information content (AvgIpc) is 2.21. The van der Waals surface area contributed by atoms with Gasteiger partial charge in [0.1, 0.15) is 5.60 Å². The Labute approximate surface area is 105 Å². The molecule has 1 rings (SSSR count). The van der Waals surface area contributed by atoms with E-state index in [2.05, 4.69) is 27.8 Å². The molecule has 1 fully saturated rings. The lowest BCUT2D eigenvalue weighted by Crippen LogP contribution is -2.49. The number of hydrogen-bond donors (Lipinski definition) is 1. The highest BCUT2D eigenvalue weighted by Gasteiger charge is 2.15. The van der Waals surface area contributed by atoms with Crippen LogP contribution in [0.3, 0.4) is 0 Å². The molecule has 0 aromatic heterocycles. The Morgan fingerprint density at radius 2 is 2.24 bits per heavy atom. The topological polar surface area (TPSA) is 41.6 Å². The van der Waals surface area contributed by atoms with Crippen molar-refractivity contribution in [2.45, 2.75) is 39.3 Å². The zero-order valence-electron chi connectivity index (χ0n) is 11.3. The Morgan fingerprint density at radius 3 is 2.59 bits per heavy atom. The molecule has 17 heavy (non-hydrogen) atoms. The van der Waals surface area contributed by atoms with Gasteiger partial charge in [-0.05, 0) is 27.7 Å². The van der Waals surface area contributed by atoms with E-state index in [-0.39, 0.29) is 5.60 Å². The second kappa shape index (κ2) is 8.10. The van der Waals surface area contributed by atoms with Gasteiger partial charge in [0.05, 0.1) is 6.54 Å². The van der Waals surface area contributed by atoms with Gasteiger partial charge in [0.15, 0.2) is 0 Å². The van der Waals surface area contributed by atoms with E-state index >= 15 is 0 Å². The monoisotopic (exact) mass is 240 g/mol. The lowest BCUT2D eigenvalue weighted by atomic mass is 10.2. The lowest BCUT2D eigenvalue weighted by Gasteiger charge is -2.32. The molecule has 1 aliphatic rings. The summed E-state index contributed by atoms with van der Waals surface area (Å²) in [7, 11) is 0. The van der Waals surface area contributed by atoms with Crippen molar-refractivity contribution in [1.82, 2.24) is 10.2 Å². The maximum Gasteiger partial charge on any atom is 0.293 e. The summed E-state index contributed by atoms with van der Waals surface area (Å²) in [6.45, 7) is 12.1. The summed E-state index contributed by atoms with van der Waals surface area (Å²) in [4.78, 5) is 11.9. The molecule has 1 N–H and O–H groups in total. The normalized spacial score (nSPS) is 20.8. The van der Waals surface area contributed by atoms with Crippen LogP contribution in [0, 0.1) is 12.3 Å². The van der Waals surface area contributed by atoms with E-state index in [0.29, 0.717) is 12.5 Å². The quantitative estimate of drug-likeness (QED) is 0.574. The van der Waals surface area contributed by atoms with Gasteiger partial charge >= 0.3 is 0 Å². The molecule has 0 spiro atoms. The fraction of sp³-hybridized carbons (Fsp3) is 0.769. The van der Waals surface area contributed by atoms with Crippen LogP contribution in [0.4, 0.5) is 0 Å². The third kappa shape index (κ3) is 8.73. The SMILES string of the molecule is C#CCN1CCNCC1C.CC(C)(C)OC=O. The Balaban J connectivity index is 0.000000325. The van der Waals surface area contributed by atoms with Gasteiger partial charge in [0, 0.05) is 25.7 Å². The third-order valence-corrected chi connectivity index (χ3v) is 2.33. The fourth-order valence-electron chi connectivity index (χ4n) is 1.38. The first-order chi connectivity index (χ1) is 7.90. The van der Waals surface area contributed by atoms with Crippen LogP contribution in [0.1, 0.15) is 27.7 Å². The number of carbonyl (C=O) groups is 1. The first-order valence-corrected chi connectivity index (χ1v) is 5.90. The van der Waals surface area contributed by atoms with Crippen molar-refractivity contribution >= 4 is 6.47 Å². The predicted octanol–water partition coefficient (Wildman–Crippen LogP) is 0.871. The third-order valence-electron chi connectivity index (χ3n) is 2.33. The molecule has 0 amide bonds. The molecule has 0 bridgehead atoms. The molecule has 1 heterocycles. The zero-order chi connectivity index (χ0) is 13.3. The summed E-state index contributed by atoms with van der Waals surface area (Å²) >= 11 is 0. The fourth-order valence-corrected chi connectivity index (χ4v) is 1.38. The van der Waals surface area contributed by atoms with Gasteiger partial charge < -0.3 is 10.1 Å². The number of rotatable bonds is 2. The highest BCUT2D eigenvalue weighted by molar-refractivity contribution is 5.37. The van der Waals surface area contributed by atoms with E-state index in [1.807, 2.05) is 20.8 Å². The van der Waals surface area contributed by atoms with Crippen molar-refractivity contribution < 1.29 is 9.53 Å². The van der Waals surface area contributed by atoms with Crippen molar-refractivity contribution in [3.8, 4) is 12.3 Å². The van der Waals surface area contributed by atoms with Crippen LogP contribution in [-0.4, -0.2) is 49.2 Å². The van der Waals surface area contributed by atoms with Crippen molar-refractivity contribution in [2.24, 2.45) is 0 Å². The van der Waals surface area contributed by atoms with Crippen LogP contribution in [0.2, 0.25) is 0 Å². The molecule has 1 saturated heterocycles. The Kier molecular flexibility index (Phi) is 7.60. The van der Waals surface area contributed by atoms with E-state index in [1.54, 1.807) is 0 Å². The van der Waals surface area contributed by atoms with Gasteiger partial charge in [-0.25, -0.2) is 0 Å². The number of piperazine rings is 1. The van der Waals surface area contributed by atoms with Crippen molar-refractivity contribution in [1.29, 1.82) is 0 Å². The highest BCUT2D eigenvalue weighted by Crippen LogP contribution is 2.02. The molecule has 0 radical (unpaired) electrons. The summed E-state index contributed by atoms with van der Waals surface area (Å²) in [5, 5.41) is 3.31. The van der Waals surface area contributed by atoms with E-state index in [0.717, 1.165) is 26.2 Å². The summed E-state index contributed by atoms with van der Waals surface area (Å²) in [5.74, 6) is 2.67. The molecule has 4 heteroatoms. The molecule has 0 aromatic rings. The molecule has 1 atom stereocenters. The Bertz CT molecular complexity index is 253. The smallest absolute Gasteiger partial charge is 0.293 e. The van der Waals surface area contributed by atoms with Crippen LogP contribution in [0.25, 0.3) is 0 Å². The van der Waals surface area contributed by atoms with Crippen LogP contribution in [0.5, 0.6) is 0 Å². The van der Waals surface area contributed by atoms with Crippen molar-refractivity contribution in [3.05, 3.63) is 0 Å². The van der Waals surface area contributed by atoms with Crippen LogP contribution in [0.15, 0.2) is 0 Å². The number of nitrogens with one attached hydrogen (secondary N) is 1. The maximum atomic E-state index is 9.60. The van der Waals surface area contributed by atoms with Gasteiger partial charge in [-0.2, -0.15) is 0 Å². The van der Waals surface area contributed by atoms with E-state index in [9.17, 15) is 4.79 Å².